The number of aryl methyl sites for hydroxylation is 1. The lowest BCUT2D eigenvalue weighted by Crippen LogP contribution is -2.42. The summed E-state index contributed by atoms with van der Waals surface area (Å²) >= 11 is 3.08. The molecule has 0 radical (unpaired) electrons. The number of fused-ring (bicyclic) bond motifs is 1. The molecule has 3 heterocycles. The van der Waals surface area contributed by atoms with E-state index in [1.807, 2.05) is 29.8 Å². The van der Waals surface area contributed by atoms with Crippen molar-refractivity contribution in [2.75, 3.05) is 18.6 Å². The molecule has 1 aromatic carbocycles. The van der Waals surface area contributed by atoms with Gasteiger partial charge in [-0.05, 0) is 60.3 Å². The highest BCUT2D eigenvalue weighted by Crippen LogP contribution is 2.38. The van der Waals surface area contributed by atoms with E-state index >= 15 is 0 Å². The SMILES string of the molecule is COC1=CC(c2cn(C3CCc4c(ccc(Br)c4F)N(CC(F)(F)F)C3=O)nn2)CC=C1n1cnc(C)c1. The number of alkyl halides is 3. The summed E-state index contributed by atoms with van der Waals surface area (Å²) in [4.78, 5) is 18.3. The van der Waals surface area contributed by atoms with Gasteiger partial charge in [0.2, 0.25) is 0 Å². The second-order valence-corrected chi connectivity index (χ2v) is 10.0. The van der Waals surface area contributed by atoms with Gasteiger partial charge in [0.1, 0.15) is 24.2 Å². The molecule has 8 nitrogen and oxygen atoms in total. The van der Waals surface area contributed by atoms with Crippen LogP contribution in [0.4, 0.5) is 23.2 Å². The number of imidazole rings is 1. The lowest BCUT2D eigenvalue weighted by Gasteiger charge is -2.27. The summed E-state index contributed by atoms with van der Waals surface area (Å²) in [5.74, 6) is -1.14. The number of anilines is 1. The van der Waals surface area contributed by atoms with Crippen LogP contribution in [0.3, 0.4) is 0 Å². The zero-order valence-corrected chi connectivity index (χ0v) is 22.0. The highest BCUT2D eigenvalue weighted by Gasteiger charge is 2.40. The monoisotopic (exact) mass is 594 g/mol. The normalized spacial score (nSPS) is 20.1. The van der Waals surface area contributed by atoms with Crippen molar-refractivity contribution in [1.82, 2.24) is 24.5 Å². The minimum Gasteiger partial charge on any atom is -0.495 e. The Morgan fingerprint density at radius 3 is 2.71 bits per heavy atom. The van der Waals surface area contributed by atoms with Crippen molar-refractivity contribution in [2.45, 2.75) is 44.3 Å². The Hall–Kier alpha value is -3.48. The second-order valence-electron chi connectivity index (χ2n) is 9.17. The van der Waals surface area contributed by atoms with Gasteiger partial charge in [0, 0.05) is 23.9 Å². The Balaban J connectivity index is 1.44. The zero-order valence-electron chi connectivity index (χ0n) is 20.4. The van der Waals surface area contributed by atoms with E-state index in [4.69, 9.17) is 4.74 Å². The minimum atomic E-state index is -4.68. The first-order valence-electron chi connectivity index (χ1n) is 11.8. The maximum absolute atomic E-state index is 14.9. The number of benzene rings is 1. The third-order valence-electron chi connectivity index (χ3n) is 6.63. The van der Waals surface area contributed by atoms with Crippen molar-refractivity contribution in [2.24, 2.45) is 0 Å². The summed E-state index contributed by atoms with van der Waals surface area (Å²) in [6, 6.07) is 1.54. The average Bonchev–Trinajstić information content (AvgIpc) is 3.51. The summed E-state index contributed by atoms with van der Waals surface area (Å²) in [5.41, 5.74) is 2.16. The molecule has 13 heteroatoms. The lowest BCUT2D eigenvalue weighted by molar-refractivity contribution is -0.134. The summed E-state index contributed by atoms with van der Waals surface area (Å²) in [5, 5.41) is 8.32. The van der Waals surface area contributed by atoms with Crippen LogP contribution in [-0.2, 0) is 16.0 Å². The van der Waals surface area contributed by atoms with Gasteiger partial charge in [-0.3, -0.25) is 4.79 Å². The van der Waals surface area contributed by atoms with Crippen molar-refractivity contribution in [3.63, 3.8) is 0 Å². The molecule has 2 atom stereocenters. The first-order valence-corrected chi connectivity index (χ1v) is 12.6. The number of aromatic nitrogens is 5. The van der Waals surface area contributed by atoms with E-state index in [1.54, 1.807) is 19.6 Å². The van der Waals surface area contributed by atoms with Crippen LogP contribution >= 0.6 is 15.9 Å². The number of carbonyl (C=O) groups excluding carboxylic acids is 1. The molecule has 200 valence electrons. The fraction of sp³-hybridized carbons (Fsp3) is 0.360. The molecule has 0 saturated carbocycles. The van der Waals surface area contributed by atoms with Gasteiger partial charge < -0.3 is 14.2 Å². The molecule has 1 aliphatic carbocycles. The van der Waals surface area contributed by atoms with Crippen LogP contribution in [0.5, 0.6) is 0 Å². The van der Waals surface area contributed by atoms with Crippen molar-refractivity contribution in [1.29, 1.82) is 0 Å². The van der Waals surface area contributed by atoms with Crippen LogP contribution in [0.25, 0.3) is 5.70 Å². The Bertz CT molecular complexity index is 1440. The first-order chi connectivity index (χ1) is 18.1. The molecular weight excluding hydrogens is 572 g/mol. The van der Waals surface area contributed by atoms with Gasteiger partial charge in [0.15, 0.2) is 0 Å². The van der Waals surface area contributed by atoms with E-state index < -0.39 is 30.5 Å². The fourth-order valence-corrected chi connectivity index (χ4v) is 5.19. The Kier molecular flexibility index (Phi) is 6.88. The van der Waals surface area contributed by atoms with Crippen LogP contribution in [-0.4, -0.2) is 50.3 Å². The maximum atomic E-state index is 14.9. The molecule has 1 amide bonds. The summed E-state index contributed by atoms with van der Waals surface area (Å²) in [7, 11) is 1.55. The molecule has 5 rings (SSSR count). The molecular formula is C25H23BrF4N6O2. The van der Waals surface area contributed by atoms with E-state index in [1.165, 1.54) is 16.8 Å². The Labute approximate surface area is 223 Å². The summed E-state index contributed by atoms with van der Waals surface area (Å²) < 4.78 is 64.1. The van der Waals surface area contributed by atoms with Gasteiger partial charge in [-0.25, -0.2) is 14.1 Å². The highest BCUT2D eigenvalue weighted by atomic mass is 79.9. The smallest absolute Gasteiger partial charge is 0.406 e. The predicted molar refractivity (Wildman–Crippen MR) is 134 cm³/mol. The van der Waals surface area contributed by atoms with E-state index in [0.717, 1.165) is 11.4 Å². The number of allylic oxidation sites excluding steroid dienone is 3. The van der Waals surface area contributed by atoms with Crippen LogP contribution in [0.2, 0.25) is 0 Å². The standard InChI is InChI=1S/C25H23BrF4N6O2/c1-14-10-34(13-31-14)20-6-3-15(9-22(20)38-2)18-11-36(33-32-18)21-7-4-16-19(8-5-17(26)23(16)27)35(24(21)37)12-25(28,29)30/h5-6,8-11,13,15,21H,3-4,7,12H2,1-2H3. The van der Waals surface area contributed by atoms with E-state index in [0.29, 0.717) is 22.8 Å². The molecule has 0 fully saturated rings. The van der Waals surface area contributed by atoms with Gasteiger partial charge in [-0.2, -0.15) is 13.2 Å². The summed E-state index contributed by atoms with van der Waals surface area (Å²) in [6.07, 6.45) is 4.97. The fourth-order valence-electron chi connectivity index (χ4n) is 4.82. The van der Waals surface area contributed by atoms with Crippen molar-refractivity contribution >= 4 is 33.2 Å². The number of rotatable bonds is 5. The number of carbonyl (C=O) groups is 1. The number of hydrogen-bond donors (Lipinski definition) is 0. The third-order valence-corrected chi connectivity index (χ3v) is 7.24. The Morgan fingerprint density at radius 1 is 1.24 bits per heavy atom. The number of nitrogens with zero attached hydrogens (tertiary/aromatic N) is 6. The molecule has 0 bridgehead atoms. The molecule has 0 N–H and O–H groups in total. The molecule has 0 spiro atoms. The van der Waals surface area contributed by atoms with Crippen LogP contribution in [0.1, 0.15) is 41.8 Å². The minimum absolute atomic E-state index is 0.0483. The van der Waals surface area contributed by atoms with Gasteiger partial charge in [0.25, 0.3) is 5.91 Å². The third kappa shape index (κ3) is 4.98. The number of hydrogen-bond acceptors (Lipinski definition) is 5. The summed E-state index contributed by atoms with van der Waals surface area (Å²) in [6.45, 7) is 0.343. The Morgan fingerprint density at radius 2 is 2.03 bits per heavy atom. The number of amides is 1. The van der Waals surface area contributed by atoms with E-state index in [2.05, 4.69) is 31.2 Å². The van der Waals surface area contributed by atoms with Crippen LogP contribution in [0.15, 0.2) is 53.2 Å². The lowest BCUT2D eigenvalue weighted by atomic mass is 9.95. The van der Waals surface area contributed by atoms with E-state index in [9.17, 15) is 22.4 Å². The number of methoxy groups -OCH3 is 1. The predicted octanol–water partition coefficient (Wildman–Crippen LogP) is 5.33. The molecule has 1 aliphatic heterocycles. The van der Waals surface area contributed by atoms with Crippen molar-refractivity contribution in [3.05, 3.63) is 76.0 Å². The first kappa shape index (κ1) is 26.1. The number of ether oxygens (including phenoxy) is 1. The molecule has 38 heavy (non-hydrogen) atoms. The molecule has 3 aromatic rings. The van der Waals surface area contributed by atoms with Crippen molar-refractivity contribution in [3.8, 4) is 0 Å². The van der Waals surface area contributed by atoms with E-state index in [-0.39, 0.29) is 34.5 Å². The second kappa shape index (κ2) is 10.0. The maximum Gasteiger partial charge on any atom is 0.406 e. The highest BCUT2D eigenvalue weighted by molar-refractivity contribution is 9.10. The number of halogens is 5. The topological polar surface area (TPSA) is 78.1 Å². The molecule has 2 aromatic heterocycles. The molecule has 2 aliphatic rings. The molecule has 0 saturated heterocycles. The van der Waals surface area contributed by atoms with Gasteiger partial charge in [-0.15, -0.1) is 5.10 Å². The molecule has 2 unspecified atom stereocenters. The van der Waals surface area contributed by atoms with Crippen LogP contribution in [0, 0.1) is 12.7 Å². The average molecular weight is 595 g/mol. The van der Waals surface area contributed by atoms with Crippen molar-refractivity contribution < 1.29 is 27.1 Å². The van der Waals surface area contributed by atoms with Gasteiger partial charge in [-0.1, -0.05) is 11.3 Å². The van der Waals surface area contributed by atoms with Crippen LogP contribution < -0.4 is 4.90 Å². The quantitative estimate of drug-likeness (QED) is 0.373. The van der Waals surface area contributed by atoms with Gasteiger partial charge in [0.05, 0.1) is 40.7 Å². The van der Waals surface area contributed by atoms with Gasteiger partial charge >= 0.3 is 6.18 Å². The zero-order chi connectivity index (χ0) is 27.2. The largest absolute Gasteiger partial charge is 0.495 e.